The highest BCUT2D eigenvalue weighted by Gasteiger charge is 2.12. The number of benzene rings is 1. The predicted molar refractivity (Wildman–Crippen MR) is 92.3 cm³/mol. The van der Waals surface area contributed by atoms with E-state index < -0.39 is 24.5 Å². The zero-order valence-electron chi connectivity index (χ0n) is 13.9. The van der Waals surface area contributed by atoms with Gasteiger partial charge in [0.05, 0.1) is 25.6 Å². The number of aryl methyl sites for hydroxylation is 1. The number of rotatable bonds is 7. The fraction of sp³-hybridized carbons (Fsp3) is 0.294. The Morgan fingerprint density at radius 3 is 2.52 bits per heavy atom. The molecule has 132 valence electrons. The quantitative estimate of drug-likeness (QED) is 0.756. The summed E-state index contributed by atoms with van der Waals surface area (Å²) >= 11 is 1.18. The smallest absolute Gasteiger partial charge is 0.311 e. The van der Waals surface area contributed by atoms with Crippen molar-refractivity contribution in [3.63, 3.8) is 0 Å². The molecule has 1 amide bonds. The summed E-state index contributed by atoms with van der Waals surface area (Å²) in [5.74, 6) is -1.38. The van der Waals surface area contributed by atoms with Gasteiger partial charge in [0.2, 0.25) is 0 Å². The molecule has 1 aromatic heterocycles. The van der Waals surface area contributed by atoms with Crippen molar-refractivity contribution in [2.24, 2.45) is 0 Å². The van der Waals surface area contributed by atoms with E-state index in [-0.39, 0.29) is 12.8 Å². The maximum atomic E-state index is 11.8. The third-order valence-electron chi connectivity index (χ3n) is 3.18. The highest BCUT2D eigenvalue weighted by Crippen LogP contribution is 2.16. The van der Waals surface area contributed by atoms with Crippen LogP contribution in [-0.2, 0) is 36.7 Å². The molecule has 0 aliphatic heterocycles. The van der Waals surface area contributed by atoms with Crippen LogP contribution in [0.4, 0.5) is 5.13 Å². The van der Waals surface area contributed by atoms with Gasteiger partial charge in [-0.3, -0.25) is 19.7 Å². The summed E-state index contributed by atoms with van der Waals surface area (Å²) in [6, 6.07) is 7.50. The average Bonchev–Trinajstić information content (AvgIpc) is 3.01. The molecular weight excluding hydrogens is 344 g/mol. The Hall–Kier alpha value is -2.74. The number of ether oxygens (including phenoxy) is 2. The van der Waals surface area contributed by atoms with Crippen molar-refractivity contribution in [3.8, 4) is 0 Å². The summed E-state index contributed by atoms with van der Waals surface area (Å²) in [4.78, 5) is 38.8. The van der Waals surface area contributed by atoms with Crippen molar-refractivity contribution in [3.05, 3.63) is 46.5 Å². The zero-order chi connectivity index (χ0) is 18.2. The molecule has 0 unspecified atom stereocenters. The summed E-state index contributed by atoms with van der Waals surface area (Å²) < 4.78 is 9.50. The second-order valence-corrected chi connectivity index (χ2v) is 6.13. The molecule has 0 saturated carbocycles. The third kappa shape index (κ3) is 6.34. The number of hydrogen-bond acceptors (Lipinski definition) is 7. The number of thiazole rings is 1. The lowest BCUT2D eigenvalue weighted by Gasteiger charge is -2.05. The lowest BCUT2D eigenvalue weighted by Crippen LogP contribution is -2.21. The number of esters is 2. The van der Waals surface area contributed by atoms with Gasteiger partial charge in [0.15, 0.2) is 11.7 Å². The Balaban J connectivity index is 1.75. The minimum absolute atomic E-state index is 0.0361. The lowest BCUT2D eigenvalue weighted by molar-refractivity contribution is -0.146. The molecule has 2 aromatic rings. The number of methoxy groups -OCH3 is 1. The summed E-state index contributed by atoms with van der Waals surface area (Å²) in [6.45, 7) is 1.57. The molecular formula is C17H18N2O5S. The Bertz CT molecular complexity index is 755. The summed E-state index contributed by atoms with van der Waals surface area (Å²) in [6.07, 6.45) is 0.141. The molecule has 1 N–H and O–H groups in total. The normalized spacial score (nSPS) is 10.2. The number of hydrogen-bond donors (Lipinski definition) is 1. The molecule has 8 heteroatoms. The van der Waals surface area contributed by atoms with Crippen molar-refractivity contribution in [2.75, 3.05) is 19.0 Å². The average molecular weight is 362 g/mol. The Morgan fingerprint density at radius 2 is 1.84 bits per heavy atom. The molecule has 25 heavy (non-hydrogen) atoms. The highest BCUT2D eigenvalue weighted by atomic mass is 32.1. The molecule has 0 saturated heterocycles. The Morgan fingerprint density at radius 1 is 1.12 bits per heavy atom. The van der Waals surface area contributed by atoms with Gasteiger partial charge in [-0.25, -0.2) is 4.98 Å². The number of nitrogens with one attached hydrogen (secondary N) is 1. The molecule has 0 bridgehead atoms. The van der Waals surface area contributed by atoms with Crippen LogP contribution in [0.2, 0.25) is 0 Å². The van der Waals surface area contributed by atoms with Gasteiger partial charge < -0.3 is 9.47 Å². The van der Waals surface area contributed by atoms with E-state index >= 15 is 0 Å². The minimum Gasteiger partial charge on any atom is -0.469 e. The van der Waals surface area contributed by atoms with Gasteiger partial charge in [0.1, 0.15) is 0 Å². The molecule has 2 rings (SSSR count). The van der Waals surface area contributed by atoms with Gasteiger partial charge in [-0.1, -0.05) is 29.8 Å². The van der Waals surface area contributed by atoms with E-state index in [1.165, 1.54) is 18.4 Å². The van der Waals surface area contributed by atoms with Crippen molar-refractivity contribution >= 4 is 34.3 Å². The second kappa shape index (κ2) is 8.93. The van der Waals surface area contributed by atoms with Crippen LogP contribution in [0.3, 0.4) is 0 Å². The third-order valence-corrected chi connectivity index (χ3v) is 3.99. The summed E-state index contributed by atoms with van der Waals surface area (Å²) in [5.41, 5.74) is 2.43. The van der Waals surface area contributed by atoms with Crippen LogP contribution in [-0.4, -0.2) is 36.5 Å². The van der Waals surface area contributed by atoms with Crippen molar-refractivity contribution in [1.82, 2.24) is 4.98 Å². The van der Waals surface area contributed by atoms with Gasteiger partial charge in [0.25, 0.3) is 5.91 Å². The van der Waals surface area contributed by atoms with Gasteiger partial charge in [-0.2, -0.15) is 0 Å². The second-order valence-electron chi connectivity index (χ2n) is 5.27. The first-order valence-electron chi connectivity index (χ1n) is 7.48. The van der Waals surface area contributed by atoms with Crippen LogP contribution in [0.25, 0.3) is 0 Å². The molecule has 1 heterocycles. The lowest BCUT2D eigenvalue weighted by atomic mass is 10.1. The molecule has 0 radical (unpaired) electrons. The van der Waals surface area contributed by atoms with E-state index in [1.807, 2.05) is 31.2 Å². The highest BCUT2D eigenvalue weighted by molar-refractivity contribution is 7.13. The van der Waals surface area contributed by atoms with Crippen molar-refractivity contribution < 1.29 is 23.9 Å². The van der Waals surface area contributed by atoms with E-state index in [0.29, 0.717) is 10.8 Å². The number of amides is 1. The van der Waals surface area contributed by atoms with E-state index in [4.69, 9.17) is 4.74 Å². The Kier molecular flexibility index (Phi) is 6.64. The fourth-order valence-corrected chi connectivity index (χ4v) is 2.62. The van der Waals surface area contributed by atoms with Crippen LogP contribution < -0.4 is 5.32 Å². The topological polar surface area (TPSA) is 94.6 Å². The van der Waals surface area contributed by atoms with E-state index in [0.717, 1.165) is 11.1 Å². The van der Waals surface area contributed by atoms with Crippen molar-refractivity contribution in [2.45, 2.75) is 19.8 Å². The molecule has 1 aromatic carbocycles. The standard InChI is InChI=1S/C17H18N2O5S/c1-11-3-5-12(6-4-11)7-16(22)24-9-14(20)19-17-18-13(10-25-17)8-15(21)23-2/h3-6,10H,7-9H2,1-2H3,(H,18,19,20). The largest absolute Gasteiger partial charge is 0.469 e. The predicted octanol–water partition coefficient (Wildman–Crippen LogP) is 1.89. The molecule has 0 aliphatic carbocycles. The van der Waals surface area contributed by atoms with Gasteiger partial charge >= 0.3 is 11.9 Å². The maximum Gasteiger partial charge on any atom is 0.311 e. The summed E-state index contributed by atoms with van der Waals surface area (Å²) in [7, 11) is 1.29. The fourth-order valence-electron chi connectivity index (χ4n) is 1.89. The number of carbonyl (C=O) groups is 3. The number of nitrogens with zero attached hydrogens (tertiary/aromatic N) is 1. The molecule has 0 atom stereocenters. The van der Waals surface area contributed by atoms with Crippen LogP contribution in [0.1, 0.15) is 16.8 Å². The number of aromatic nitrogens is 1. The maximum absolute atomic E-state index is 11.8. The minimum atomic E-state index is -0.490. The van der Waals surface area contributed by atoms with Crippen LogP contribution >= 0.6 is 11.3 Å². The van der Waals surface area contributed by atoms with Gasteiger partial charge in [0, 0.05) is 5.38 Å². The molecule has 0 spiro atoms. The first-order valence-corrected chi connectivity index (χ1v) is 8.36. The first-order chi connectivity index (χ1) is 12.0. The Labute approximate surface area is 149 Å². The first kappa shape index (κ1) is 18.6. The molecule has 7 nitrogen and oxygen atoms in total. The van der Waals surface area contributed by atoms with E-state index in [2.05, 4.69) is 15.0 Å². The summed E-state index contributed by atoms with van der Waals surface area (Å²) in [5, 5.41) is 4.50. The van der Waals surface area contributed by atoms with Crippen molar-refractivity contribution in [1.29, 1.82) is 0 Å². The van der Waals surface area contributed by atoms with Crippen LogP contribution in [0.15, 0.2) is 29.6 Å². The number of carbonyl (C=O) groups excluding carboxylic acids is 3. The van der Waals surface area contributed by atoms with Gasteiger partial charge in [-0.15, -0.1) is 11.3 Å². The van der Waals surface area contributed by atoms with Crippen LogP contribution in [0.5, 0.6) is 0 Å². The molecule has 0 aliphatic rings. The van der Waals surface area contributed by atoms with Crippen LogP contribution in [0, 0.1) is 6.92 Å². The van der Waals surface area contributed by atoms with E-state index in [9.17, 15) is 14.4 Å². The number of anilines is 1. The molecule has 0 fully saturated rings. The SMILES string of the molecule is COC(=O)Cc1csc(NC(=O)COC(=O)Cc2ccc(C)cc2)n1. The zero-order valence-corrected chi connectivity index (χ0v) is 14.7. The monoisotopic (exact) mass is 362 g/mol. The van der Waals surface area contributed by atoms with Gasteiger partial charge in [-0.05, 0) is 12.5 Å². The van der Waals surface area contributed by atoms with E-state index in [1.54, 1.807) is 5.38 Å².